The van der Waals surface area contributed by atoms with Gasteiger partial charge in [-0.3, -0.25) is 13.7 Å². The first-order valence-electron chi connectivity index (χ1n) is 12.7. The SMILES string of the molecule is Cc1ccccc1Nc1nc(Cl)nc(Nc2cc3c(O)c(N=Nc4ccccc4S(=O)(=O)O)c(S(=O)(=O)O)cc3cc2S(=O)(=O)O)n1. The molecule has 0 amide bonds. The van der Waals surface area contributed by atoms with Gasteiger partial charge >= 0.3 is 0 Å². The van der Waals surface area contributed by atoms with Gasteiger partial charge < -0.3 is 15.7 Å². The highest BCUT2D eigenvalue weighted by Crippen LogP contribution is 2.44. The first kappa shape index (κ1) is 33.5. The van der Waals surface area contributed by atoms with E-state index in [1.807, 2.05) is 19.1 Å². The highest BCUT2D eigenvalue weighted by Gasteiger charge is 2.26. The third-order valence-corrected chi connectivity index (χ3v) is 9.18. The summed E-state index contributed by atoms with van der Waals surface area (Å²) in [6.45, 7) is 1.82. The lowest BCUT2D eigenvalue weighted by molar-refractivity contribution is 0.472. The number of aromatic nitrogens is 3. The average molecular weight is 722 g/mol. The lowest BCUT2D eigenvalue weighted by Gasteiger charge is -2.14. The molecule has 0 spiro atoms. The number of azo groups is 1. The van der Waals surface area contributed by atoms with Gasteiger partial charge in [-0.1, -0.05) is 30.3 Å². The van der Waals surface area contributed by atoms with Gasteiger partial charge in [0, 0.05) is 11.1 Å². The van der Waals surface area contributed by atoms with E-state index in [1.165, 1.54) is 12.1 Å². The molecule has 21 heteroatoms. The highest BCUT2D eigenvalue weighted by molar-refractivity contribution is 7.86. The van der Waals surface area contributed by atoms with E-state index in [-0.39, 0.29) is 28.0 Å². The van der Waals surface area contributed by atoms with Crippen LogP contribution in [0.1, 0.15) is 5.56 Å². The third-order valence-electron chi connectivity index (χ3n) is 6.35. The Morgan fingerprint density at radius 2 is 1.23 bits per heavy atom. The second kappa shape index (κ2) is 12.4. The van der Waals surface area contributed by atoms with Crippen LogP contribution >= 0.6 is 11.6 Å². The molecule has 1 heterocycles. The molecule has 5 aromatic rings. The van der Waals surface area contributed by atoms with Gasteiger partial charge in [0.1, 0.15) is 26.1 Å². The monoisotopic (exact) mass is 721 g/mol. The molecule has 0 fully saturated rings. The van der Waals surface area contributed by atoms with Crippen LogP contribution in [0.25, 0.3) is 10.8 Å². The molecule has 4 aromatic carbocycles. The summed E-state index contributed by atoms with van der Waals surface area (Å²) in [7, 11) is -15.1. The Bertz CT molecular complexity index is 2440. The van der Waals surface area contributed by atoms with Crippen LogP contribution in [0, 0.1) is 6.92 Å². The van der Waals surface area contributed by atoms with E-state index in [0.717, 1.165) is 35.9 Å². The number of fused-ring (bicyclic) bond motifs is 1. The summed E-state index contributed by atoms with van der Waals surface area (Å²) in [5.41, 5.74) is -0.328. The molecule has 1 aromatic heterocycles. The first-order valence-corrected chi connectivity index (χ1v) is 17.4. The minimum absolute atomic E-state index is 0.0514. The molecule has 6 N–H and O–H groups in total. The summed E-state index contributed by atoms with van der Waals surface area (Å²) in [5.74, 6) is -1.34. The predicted octanol–water partition coefficient (Wildman–Crippen LogP) is 5.33. The van der Waals surface area contributed by atoms with Crippen LogP contribution in [0.4, 0.5) is 34.6 Å². The predicted molar refractivity (Wildman–Crippen MR) is 168 cm³/mol. The van der Waals surface area contributed by atoms with Crippen LogP contribution < -0.4 is 10.6 Å². The number of aromatic hydroxyl groups is 1. The van der Waals surface area contributed by atoms with Gasteiger partial charge in [-0.15, -0.1) is 10.2 Å². The molecule has 0 bridgehead atoms. The molecule has 0 unspecified atom stereocenters. The number of para-hydroxylation sites is 1. The number of hydrogen-bond acceptors (Lipinski definition) is 14. The number of halogens is 1. The van der Waals surface area contributed by atoms with Crippen molar-refractivity contribution in [2.45, 2.75) is 21.6 Å². The number of hydrogen-bond donors (Lipinski definition) is 6. The molecule has 0 aliphatic heterocycles. The Labute approximate surface area is 271 Å². The van der Waals surface area contributed by atoms with E-state index < -0.39 is 67.9 Å². The normalized spacial score (nSPS) is 12.4. The fraction of sp³-hybridized carbons (Fsp3) is 0.0385. The smallest absolute Gasteiger partial charge is 0.296 e. The maximum atomic E-state index is 12.4. The molecule has 0 aliphatic rings. The molecule has 47 heavy (non-hydrogen) atoms. The number of nitrogens with zero attached hydrogens (tertiary/aromatic N) is 5. The number of benzene rings is 4. The van der Waals surface area contributed by atoms with Gasteiger partial charge in [-0.2, -0.15) is 40.2 Å². The van der Waals surface area contributed by atoms with Gasteiger partial charge in [0.15, 0.2) is 5.75 Å². The zero-order valence-corrected chi connectivity index (χ0v) is 26.6. The Morgan fingerprint density at radius 1 is 0.681 bits per heavy atom. The number of nitrogens with one attached hydrogen (secondary N) is 2. The van der Waals surface area contributed by atoms with Crippen molar-refractivity contribution >= 4 is 87.4 Å². The summed E-state index contributed by atoms with van der Waals surface area (Å²) in [6, 6.07) is 14.3. The second-order valence-electron chi connectivity index (χ2n) is 9.55. The number of phenols is 1. The highest BCUT2D eigenvalue weighted by atomic mass is 35.5. The Kier molecular flexibility index (Phi) is 8.85. The van der Waals surface area contributed by atoms with Gasteiger partial charge in [-0.25, -0.2) is 0 Å². The Morgan fingerprint density at radius 3 is 1.85 bits per heavy atom. The molecule has 0 radical (unpaired) electrons. The summed E-state index contributed by atoms with van der Waals surface area (Å²) >= 11 is 6.07. The third kappa shape index (κ3) is 7.44. The second-order valence-corrected chi connectivity index (χ2v) is 14.1. The Hall–Kier alpha value is -4.83. The molecule has 0 saturated carbocycles. The first-order chi connectivity index (χ1) is 21.9. The van der Waals surface area contributed by atoms with Gasteiger partial charge in [0.2, 0.25) is 17.2 Å². The van der Waals surface area contributed by atoms with Crippen LogP contribution in [-0.2, 0) is 30.4 Å². The van der Waals surface area contributed by atoms with Gasteiger partial charge in [0.05, 0.1) is 5.69 Å². The van der Waals surface area contributed by atoms with Crippen LogP contribution in [-0.4, -0.2) is 59.0 Å². The van der Waals surface area contributed by atoms with Crippen molar-refractivity contribution < 1.29 is 44.0 Å². The average Bonchev–Trinajstić information content (AvgIpc) is 2.96. The minimum atomic E-state index is -5.19. The fourth-order valence-corrected chi connectivity index (χ4v) is 6.36. The molecule has 5 rings (SSSR count). The molecule has 0 aliphatic carbocycles. The molecular weight excluding hydrogens is 702 g/mol. The molecule has 17 nitrogen and oxygen atoms in total. The lowest BCUT2D eigenvalue weighted by Crippen LogP contribution is -2.08. The molecular formula is C26H20ClN7O10S3. The maximum absolute atomic E-state index is 12.4. The van der Waals surface area contributed by atoms with Crippen molar-refractivity contribution in [1.82, 2.24) is 15.0 Å². The zero-order valence-electron chi connectivity index (χ0n) is 23.4. The van der Waals surface area contributed by atoms with Crippen molar-refractivity contribution in [2.75, 3.05) is 10.6 Å². The van der Waals surface area contributed by atoms with Gasteiger partial charge in [0.25, 0.3) is 30.4 Å². The molecule has 244 valence electrons. The topological polar surface area (TPSA) is 271 Å². The molecule has 0 saturated heterocycles. The fourth-order valence-electron chi connectivity index (χ4n) is 4.26. The van der Waals surface area contributed by atoms with E-state index in [4.69, 9.17) is 11.6 Å². The van der Waals surface area contributed by atoms with Crippen molar-refractivity contribution in [1.29, 1.82) is 0 Å². The van der Waals surface area contributed by atoms with E-state index in [9.17, 15) is 44.0 Å². The maximum Gasteiger partial charge on any atom is 0.296 e. The molecule has 0 atom stereocenters. The zero-order chi connectivity index (χ0) is 34.3. The van der Waals surface area contributed by atoms with Crippen molar-refractivity contribution in [3.63, 3.8) is 0 Å². The lowest BCUT2D eigenvalue weighted by atomic mass is 10.1. The van der Waals surface area contributed by atoms with Crippen LogP contribution in [0.15, 0.2) is 91.6 Å². The number of rotatable bonds is 9. The number of anilines is 4. The Balaban J connectivity index is 1.68. The summed E-state index contributed by atoms with van der Waals surface area (Å²) in [5, 5.41) is 23.0. The van der Waals surface area contributed by atoms with Crippen LogP contribution in [0.5, 0.6) is 5.75 Å². The van der Waals surface area contributed by atoms with E-state index in [0.29, 0.717) is 5.69 Å². The van der Waals surface area contributed by atoms with Crippen LogP contribution in [0.3, 0.4) is 0 Å². The van der Waals surface area contributed by atoms with E-state index >= 15 is 0 Å². The summed E-state index contributed by atoms with van der Waals surface area (Å²) < 4.78 is 102. The summed E-state index contributed by atoms with van der Waals surface area (Å²) in [4.78, 5) is 9.47. The van der Waals surface area contributed by atoms with E-state index in [1.54, 1.807) is 12.1 Å². The number of aryl methyl sites for hydroxylation is 1. The van der Waals surface area contributed by atoms with E-state index in [2.05, 4.69) is 35.8 Å². The van der Waals surface area contributed by atoms with Crippen molar-refractivity contribution in [2.24, 2.45) is 10.2 Å². The standard InChI is InChI=1S/C26H20ClN7O10S3/c1-13-6-2-3-7-16(13)28-25-30-24(27)31-26(32-25)29-18-12-15-14(10-20(18)46(39,40)41)11-21(47(42,43)44)22(23(15)35)34-33-17-8-4-5-9-19(17)45(36,37)38/h2-12,35H,1H3,(H,36,37,38)(H,39,40,41)(H,42,43,44)(H2,28,29,30,31,32). The summed E-state index contributed by atoms with van der Waals surface area (Å²) in [6.07, 6.45) is 0. The largest absolute Gasteiger partial charge is 0.505 e. The van der Waals surface area contributed by atoms with Crippen molar-refractivity contribution in [3.8, 4) is 5.75 Å². The minimum Gasteiger partial charge on any atom is -0.505 e. The quantitative estimate of drug-likeness (QED) is 0.0828. The number of phenolic OH excluding ortho intramolecular Hbond substituents is 1. The van der Waals surface area contributed by atoms with Crippen molar-refractivity contribution in [3.05, 3.63) is 77.6 Å². The van der Waals surface area contributed by atoms with Gasteiger partial charge in [-0.05, 0) is 65.9 Å². The van der Waals surface area contributed by atoms with Crippen LogP contribution in [0.2, 0.25) is 5.28 Å².